The summed E-state index contributed by atoms with van der Waals surface area (Å²) in [4.78, 5) is 18.7. The van der Waals surface area contributed by atoms with Crippen LogP contribution in [-0.4, -0.2) is 30.6 Å². The van der Waals surface area contributed by atoms with Crippen LogP contribution in [-0.2, 0) is 26.6 Å². The largest absolute Gasteiger partial charge is 0.307 e. The molecular weight excluding hydrogens is 278 g/mol. The van der Waals surface area contributed by atoms with E-state index in [2.05, 4.69) is 21.2 Å². The molecule has 1 aliphatic heterocycles. The van der Waals surface area contributed by atoms with Gasteiger partial charge in [-0.2, -0.15) is 5.10 Å². The Kier molecular flexibility index (Phi) is 3.04. The minimum Gasteiger partial charge on any atom is -0.307 e. The van der Waals surface area contributed by atoms with Crippen LogP contribution in [0.2, 0.25) is 0 Å². The lowest BCUT2D eigenvalue weighted by atomic mass is 10.1. The van der Waals surface area contributed by atoms with Crippen LogP contribution in [0.25, 0.3) is 5.65 Å². The van der Waals surface area contributed by atoms with E-state index in [1.807, 2.05) is 28.8 Å². The van der Waals surface area contributed by atoms with Crippen molar-refractivity contribution in [3.63, 3.8) is 0 Å². The second-order valence-corrected chi connectivity index (χ2v) is 5.74. The molecule has 112 valence electrons. The van der Waals surface area contributed by atoms with E-state index < -0.39 is 0 Å². The fourth-order valence-corrected chi connectivity index (χ4v) is 2.98. The molecule has 0 saturated carbocycles. The lowest BCUT2D eigenvalue weighted by molar-refractivity contribution is 0.239. The summed E-state index contributed by atoms with van der Waals surface area (Å²) in [5, 5.41) is 4.35. The first kappa shape index (κ1) is 13.2. The maximum Gasteiger partial charge on any atom is 0.266 e. The zero-order valence-corrected chi connectivity index (χ0v) is 12.4. The first-order valence-electron chi connectivity index (χ1n) is 7.40. The minimum absolute atomic E-state index is 0.0478. The van der Waals surface area contributed by atoms with Gasteiger partial charge in [-0.05, 0) is 17.7 Å². The SMILES string of the molecule is Cn1nc2c(cc1=O)CN(Cc1cn3ccccc3n1)CC2. The maximum atomic E-state index is 11.7. The van der Waals surface area contributed by atoms with Crippen molar-refractivity contribution < 1.29 is 0 Å². The zero-order chi connectivity index (χ0) is 15.1. The highest BCUT2D eigenvalue weighted by Crippen LogP contribution is 2.17. The average molecular weight is 295 g/mol. The quantitative estimate of drug-likeness (QED) is 0.707. The fourth-order valence-electron chi connectivity index (χ4n) is 2.98. The number of fused-ring (bicyclic) bond motifs is 2. The van der Waals surface area contributed by atoms with E-state index >= 15 is 0 Å². The molecule has 1 aliphatic rings. The first-order valence-corrected chi connectivity index (χ1v) is 7.40. The standard InChI is InChI=1S/C16H17N5O/c1-19-16(22)8-12-9-20(7-5-14(12)18-19)10-13-11-21-6-3-2-4-15(21)17-13/h2-4,6,8,11H,5,7,9-10H2,1H3. The van der Waals surface area contributed by atoms with Crippen molar-refractivity contribution in [2.45, 2.75) is 19.5 Å². The molecule has 4 heterocycles. The molecule has 0 unspecified atom stereocenters. The molecule has 4 rings (SSSR count). The predicted octanol–water partition coefficient (Wildman–Crippen LogP) is 0.986. The third kappa shape index (κ3) is 2.31. The lowest BCUT2D eigenvalue weighted by Crippen LogP contribution is -2.34. The normalized spacial score (nSPS) is 15.1. The Balaban J connectivity index is 1.57. The minimum atomic E-state index is -0.0478. The Hall–Kier alpha value is -2.47. The van der Waals surface area contributed by atoms with Crippen LogP contribution in [0.4, 0.5) is 0 Å². The van der Waals surface area contributed by atoms with Gasteiger partial charge in [-0.25, -0.2) is 9.67 Å². The molecule has 3 aromatic heterocycles. The Labute approximate surface area is 127 Å². The van der Waals surface area contributed by atoms with E-state index in [0.717, 1.165) is 48.7 Å². The molecule has 0 radical (unpaired) electrons. The average Bonchev–Trinajstić information content (AvgIpc) is 2.91. The van der Waals surface area contributed by atoms with Gasteiger partial charge in [0.15, 0.2) is 0 Å². The number of hydrogen-bond acceptors (Lipinski definition) is 4. The van der Waals surface area contributed by atoms with Crippen molar-refractivity contribution in [1.29, 1.82) is 0 Å². The van der Waals surface area contributed by atoms with E-state index in [0.29, 0.717) is 0 Å². The van der Waals surface area contributed by atoms with E-state index in [4.69, 9.17) is 0 Å². The zero-order valence-electron chi connectivity index (χ0n) is 12.4. The lowest BCUT2D eigenvalue weighted by Gasteiger charge is -2.27. The molecule has 22 heavy (non-hydrogen) atoms. The van der Waals surface area contributed by atoms with E-state index in [-0.39, 0.29) is 5.56 Å². The molecule has 0 aliphatic carbocycles. The summed E-state index contributed by atoms with van der Waals surface area (Å²) in [5.41, 5.74) is 4.04. The molecule has 6 heteroatoms. The fraction of sp³-hybridized carbons (Fsp3) is 0.312. The summed E-state index contributed by atoms with van der Waals surface area (Å²) in [6, 6.07) is 7.70. The van der Waals surface area contributed by atoms with Gasteiger partial charge in [0.25, 0.3) is 5.56 Å². The number of hydrogen-bond donors (Lipinski definition) is 0. The predicted molar refractivity (Wildman–Crippen MR) is 82.5 cm³/mol. The van der Waals surface area contributed by atoms with Gasteiger partial charge in [0.1, 0.15) is 5.65 Å². The number of imidazole rings is 1. The monoisotopic (exact) mass is 295 g/mol. The molecule has 0 fully saturated rings. The van der Waals surface area contributed by atoms with Gasteiger partial charge in [-0.1, -0.05) is 6.07 Å². The van der Waals surface area contributed by atoms with Crippen molar-refractivity contribution in [2.24, 2.45) is 7.05 Å². The molecular formula is C16H17N5O. The van der Waals surface area contributed by atoms with Crippen LogP contribution < -0.4 is 5.56 Å². The Morgan fingerprint density at radius 1 is 1.32 bits per heavy atom. The number of pyridine rings is 1. The summed E-state index contributed by atoms with van der Waals surface area (Å²) in [7, 11) is 1.70. The van der Waals surface area contributed by atoms with Gasteiger partial charge >= 0.3 is 0 Å². The molecule has 0 bridgehead atoms. The van der Waals surface area contributed by atoms with Crippen LogP contribution in [0, 0.1) is 0 Å². The molecule has 0 atom stereocenters. The second kappa shape index (κ2) is 5.06. The summed E-state index contributed by atoms with van der Waals surface area (Å²) in [5.74, 6) is 0. The summed E-state index contributed by atoms with van der Waals surface area (Å²) in [6.07, 6.45) is 4.94. The summed E-state index contributed by atoms with van der Waals surface area (Å²) < 4.78 is 3.45. The van der Waals surface area contributed by atoms with Gasteiger partial charge in [0.2, 0.25) is 0 Å². The van der Waals surface area contributed by atoms with Crippen molar-refractivity contribution >= 4 is 5.65 Å². The molecule has 0 spiro atoms. The highest BCUT2D eigenvalue weighted by atomic mass is 16.1. The van der Waals surface area contributed by atoms with Crippen molar-refractivity contribution in [3.05, 3.63) is 64.0 Å². The number of aromatic nitrogens is 4. The third-order valence-corrected chi connectivity index (χ3v) is 4.12. The smallest absolute Gasteiger partial charge is 0.266 e. The highest BCUT2D eigenvalue weighted by molar-refractivity contribution is 5.39. The topological polar surface area (TPSA) is 55.4 Å². The van der Waals surface area contributed by atoms with E-state index in [9.17, 15) is 4.79 Å². The van der Waals surface area contributed by atoms with Gasteiger partial charge in [0.05, 0.1) is 11.4 Å². The third-order valence-electron chi connectivity index (χ3n) is 4.12. The highest BCUT2D eigenvalue weighted by Gasteiger charge is 2.19. The Bertz CT molecular complexity index is 862. The molecule has 0 N–H and O–H groups in total. The molecule has 0 amide bonds. The van der Waals surface area contributed by atoms with E-state index in [1.54, 1.807) is 13.1 Å². The molecule has 6 nitrogen and oxygen atoms in total. The Morgan fingerprint density at radius 2 is 2.23 bits per heavy atom. The maximum absolute atomic E-state index is 11.7. The number of rotatable bonds is 2. The summed E-state index contributed by atoms with van der Waals surface area (Å²) in [6.45, 7) is 2.48. The van der Waals surface area contributed by atoms with Gasteiger partial charge in [-0.15, -0.1) is 0 Å². The van der Waals surface area contributed by atoms with Gasteiger partial charge < -0.3 is 4.40 Å². The van der Waals surface area contributed by atoms with Crippen LogP contribution >= 0.6 is 0 Å². The molecule has 0 saturated heterocycles. The van der Waals surface area contributed by atoms with Crippen molar-refractivity contribution in [3.8, 4) is 0 Å². The van der Waals surface area contributed by atoms with Crippen molar-refractivity contribution in [1.82, 2.24) is 24.1 Å². The Morgan fingerprint density at radius 3 is 3.09 bits per heavy atom. The second-order valence-electron chi connectivity index (χ2n) is 5.74. The van der Waals surface area contributed by atoms with Crippen LogP contribution in [0.5, 0.6) is 0 Å². The summed E-state index contributed by atoms with van der Waals surface area (Å²) >= 11 is 0. The van der Waals surface area contributed by atoms with Crippen molar-refractivity contribution in [2.75, 3.05) is 6.54 Å². The molecule has 0 aromatic carbocycles. The van der Waals surface area contributed by atoms with E-state index in [1.165, 1.54) is 4.68 Å². The van der Waals surface area contributed by atoms with Gasteiger partial charge in [-0.3, -0.25) is 9.69 Å². The first-order chi connectivity index (χ1) is 10.7. The van der Waals surface area contributed by atoms with Crippen LogP contribution in [0.3, 0.4) is 0 Å². The number of nitrogens with zero attached hydrogens (tertiary/aromatic N) is 5. The van der Waals surface area contributed by atoms with Crippen LogP contribution in [0.15, 0.2) is 41.5 Å². The van der Waals surface area contributed by atoms with Crippen LogP contribution in [0.1, 0.15) is 17.0 Å². The number of aryl methyl sites for hydroxylation is 1. The van der Waals surface area contributed by atoms with Gasteiger partial charge in [0, 0.05) is 51.6 Å². The molecule has 3 aromatic rings.